The van der Waals surface area contributed by atoms with Gasteiger partial charge in [0.25, 0.3) is 11.3 Å². The van der Waals surface area contributed by atoms with Crippen molar-refractivity contribution in [3.05, 3.63) is 47.7 Å². The number of hydrogen-bond acceptors (Lipinski definition) is 2. The summed E-state index contributed by atoms with van der Waals surface area (Å²) >= 11 is -2.10. The van der Waals surface area contributed by atoms with Gasteiger partial charge < -0.3 is 5.32 Å². The second kappa shape index (κ2) is 7.06. The summed E-state index contributed by atoms with van der Waals surface area (Å²) in [6, 6.07) is 0. The number of carbonyl (C=O) groups is 1. The van der Waals surface area contributed by atoms with Crippen LogP contribution in [0.2, 0.25) is 0 Å². The van der Waals surface area contributed by atoms with E-state index in [9.17, 15) is 13.6 Å². The third kappa shape index (κ3) is 4.18. The minimum atomic E-state index is -2.10. The third-order valence-electron chi connectivity index (χ3n) is 2.59. The minimum absolute atomic E-state index is 0.136. The Morgan fingerprint density at radius 3 is 2.84 bits per heavy atom. The van der Waals surface area contributed by atoms with Crippen molar-refractivity contribution in [1.29, 1.82) is 0 Å². The molecule has 0 aliphatic carbocycles. The molecule has 1 aliphatic heterocycles. The standard InChI is InChI=1S/C13H18N2O3S/c1-4-6-12-7-11(8-14-10(3)16)9-15(19(17)18)13(12)5-2/h4-7H,1,8-9H2,2-3H3,(H,14,16)(H,17,18)/b12-6-,13-5+. The van der Waals surface area contributed by atoms with E-state index in [0.29, 0.717) is 18.8 Å². The van der Waals surface area contributed by atoms with Gasteiger partial charge in [-0.2, -0.15) is 0 Å². The van der Waals surface area contributed by atoms with Crippen molar-refractivity contribution in [3.8, 4) is 0 Å². The van der Waals surface area contributed by atoms with Crippen LogP contribution >= 0.6 is 0 Å². The Morgan fingerprint density at radius 2 is 2.37 bits per heavy atom. The number of nitrogens with one attached hydrogen (secondary N) is 1. The lowest BCUT2D eigenvalue weighted by Gasteiger charge is -2.29. The maximum Gasteiger partial charge on any atom is 0.262 e. The van der Waals surface area contributed by atoms with Gasteiger partial charge in [-0.25, -0.2) is 4.21 Å². The van der Waals surface area contributed by atoms with Crippen molar-refractivity contribution in [1.82, 2.24) is 9.62 Å². The van der Waals surface area contributed by atoms with Crippen LogP contribution in [0.25, 0.3) is 0 Å². The molecule has 1 rings (SSSR count). The van der Waals surface area contributed by atoms with E-state index < -0.39 is 11.3 Å². The lowest BCUT2D eigenvalue weighted by Crippen LogP contribution is -2.35. The monoisotopic (exact) mass is 282 g/mol. The summed E-state index contributed by atoms with van der Waals surface area (Å²) in [5.74, 6) is -0.136. The number of rotatable bonds is 4. The highest BCUT2D eigenvalue weighted by atomic mass is 32.2. The Labute approximate surface area is 115 Å². The van der Waals surface area contributed by atoms with Crippen molar-refractivity contribution in [2.45, 2.75) is 13.8 Å². The summed E-state index contributed by atoms with van der Waals surface area (Å²) in [6.07, 6.45) is 7.06. The van der Waals surface area contributed by atoms with E-state index in [1.54, 1.807) is 25.2 Å². The zero-order valence-corrected chi connectivity index (χ0v) is 11.9. The van der Waals surface area contributed by atoms with Crippen LogP contribution in [0.1, 0.15) is 13.8 Å². The molecule has 19 heavy (non-hydrogen) atoms. The summed E-state index contributed by atoms with van der Waals surface area (Å²) in [6.45, 7) is 7.53. The molecule has 1 atom stereocenters. The SMILES string of the molecule is C=C/C=C1/C=C(CNC(C)=O)CN(S(=O)O)/C1=C/C. The summed E-state index contributed by atoms with van der Waals surface area (Å²) in [5, 5.41) is 2.68. The number of carbonyl (C=O) groups excluding carboxylic acids is 1. The lowest BCUT2D eigenvalue weighted by atomic mass is 10.0. The van der Waals surface area contributed by atoms with Gasteiger partial charge in [-0.15, -0.1) is 0 Å². The third-order valence-corrected chi connectivity index (χ3v) is 3.30. The van der Waals surface area contributed by atoms with Crippen LogP contribution in [-0.2, 0) is 16.1 Å². The molecule has 5 nitrogen and oxygen atoms in total. The van der Waals surface area contributed by atoms with Gasteiger partial charge in [-0.3, -0.25) is 13.7 Å². The first-order valence-electron chi connectivity index (χ1n) is 5.81. The second-order valence-electron chi connectivity index (χ2n) is 4.01. The lowest BCUT2D eigenvalue weighted by molar-refractivity contribution is -0.118. The molecule has 0 aromatic rings. The Morgan fingerprint density at radius 1 is 1.68 bits per heavy atom. The van der Waals surface area contributed by atoms with Gasteiger partial charge in [-0.05, 0) is 18.1 Å². The van der Waals surface area contributed by atoms with Crippen molar-refractivity contribution < 1.29 is 13.6 Å². The first kappa shape index (κ1) is 15.4. The molecular weight excluding hydrogens is 264 g/mol. The minimum Gasteiger partial charge on any atom is -0.353 e. The van der Waals surface area contributed by atoms with E-state index in [-0.39, 0.29) is 5.91 Å². The van der Waals surface area contributed by atoms with Crippen LogP contribution in [0.15, 0.2) is 47.7 Å². The van der Waals surface area contributed by atoms with Crippen LogP contribution < -0.4 is 5.32 Å². The smallest absolute Gasteiger partial charge is 0.262 e. The molecule has 0 saturated carbocycles. The van der Waals surface area contributed by atoms with Gasteiger partial charge in [-0.1, -0.05) is 30.9 Å². The summed E-state index contributed by atoms with van der Waals surface area (Å²) in [5.41, 5.74) is 2.33. The van der Waals surface area contributed by atoms with Gasteiger partial charge >= 0.3 is 0 Å². The number of allylic oxidation sites excluding steroid dienone is 4. The van der Waals surface area contributed by atoms with Gasteiger partial charge in [0, 0.05) is 13.5 Å². The second-order valence-corrected chi connectivity index (χ2v) is 4.91. The van der Waals surface area contributed by atoms with Crippen molar-refractivity contribution >= 4 is 17.2 Å². The van der Waals surface area contributed by atoms with E-state index in [2.05, 4.69) is 11.9 Å². The fourth-order valence-corrected chi connectivity index (χ4v) is 2.46. The zero-order chi connectivity index (χ0) is 14.4. The van der Waals surface area contributed by atoms with Gasteiger partial charge in [0.2, 0.25) is 5.91 Å². The van der Waals surface area contributed by atoms with Crippen LogP contribution in [0, 0.1) is 0 Å². The molecular formula is C13H18N2O3S. The zero-order valence-electron chi connectivity index (χ0n) is 11.0. The fraction of sp³-hybridized carbons (Fsp3) is 0.308. The van der Waals surface area contributed by atoms with E-state index >= 15 is 0 Å². The summed E-state index contributed by atoms with van der Waals surface area (Å²) in [7, 11) is 0. The topological polar surface area (TPSA) is 69.6 Å². The number of nitrogens with zero attached hydrogens (tertiary/aromatic N) is 1. The molecule has 0 aromatic heterocycles. The molecule has 0 bridgehead atoms. The normalized spacial score (nSPS) is 21.2. The van der Waals surface area contributed by atoms with Crippen molar-refractivity contribution in [2.75, 3.05) is 13.1 Å². The fourth-order valence-electron chi connectivity index (χ4n) is 1.81. The first-order valence-corrected chi connectivity index (χ1v) is 6.87. The average Bonchev–Trinajstić information content (AvgIpc) is 2.36. The van der Waals surface area contributed by atoms with Crippen LogP contribution in [0.5, 0.6) is 0 Å². The highest BCUT2D eigenvalue weighted by Crippen LogP contribution is 2.25. The Bertz CT molecular complexity index is 492. The molecule has 1 unspecified atom stereocenters. The predicted molar refractivity (Wildman–Crippen MR) is 76.3 cm³/mol. The van der Waals surface area contributed by atoms with E-state index in [1.807, 2.05) is 6.08 Å². The van der Waals surface area contributed by atoms with Crippen molar-refractivity contribution in [3.63, 3.8) is 0 Å². The molecule has 1 heterocycles. The first-order chi connectivity index (χ1) is 8.99. The van der Waals surface area contributed by atoms with E-state index in [0.717, 1.165) is 11.1 Å². The summed E-state index contributed by atoms with van der Waals surface area (Å²) in [4.78, 5) is 10.9. The van der Waals surface area contributed by atoms with Crippen LogP contribution in [-0.4, -0.2) is 32.1 Å². The Hall–Kier alpha value is -1.66. The molecule has 1 amide bonds. The van der Waals surface area contributed by atoms with E-state index in [4.69, 9.17) is 0 Å². The van der Waals surface area contributed by atoms with Gasteiger partial charge in [0.1, 0.15) is 0 Å². The van der Waals surface area contributed by atoms with Crippen LogP contribution in [0.3, 0.4) is 0 Å². The highest BCUT2D eigenvalue weighted by molar-refractivity contribution is 7.76. The molecule has 2 N–H and O–H groups in total. The molecule has 6 heteroatoms. The summed E-state index contributed by atoms with van der Waals surface area (Å²) < 4.78 is 22.1. The molecule has 104 valence electrons. The van der Waals surface area contributed by atoms with Crippen molar-refractivity contribution in [2.24, 2.45) is 0 Å². The molecule has 0 saturated heterocycles. The van der Waals surface area contributed by atoms with Gasteiger partial charge in [0.15, 0.2) is 0 Å². The van der Waals surface area contributed by atoms with Gasteiger partial charge in [0.05, 0.1) is 12.2 Å². The highest BCUT2D eigenvalue weighted by Gasteiger charge is 2.23. The Kier molecular flexibility index (Phi) is 5.72. The molecule has 0 spiro atoms. The van der Waals surface area contributed by atoms with E-state index in [1.165, 1.54) is 11.2 Å². The quantitative estimate of drug-likeness (QED) is 0.768. The molecule has 0 aromatic carbocycles. The maximum absolute atomic E-state index is 11.4. The predicted octanol–water partition coefficient (Wildman–Crippen LogP) is 1.52. The molecule has 0 radical (unpaired) electrons. The molecule has 1 aliphatic rings. The molecule has 0 fully saturated rings. The maximum atomic E-state index is 11.4. The average molecular weight is 282 g/mol. The Balaban J connectivity index is 3.08. The largest absolute Gasteiger partial charge is 0.353 e. The number of hydrogen-bond donors (Lipinski definition) is 2. The van der Waals surface area contributed by atoms with Crippen LogP contribution in [0.4, 0.5) is 0 Å². The number of amides is 1.